The van der Waals surface area contributed by atoms with Crippen LogP contribution in [0.15, 0.2) is 36.4 Å². The first-order valence-electron chi connectivity index (χ1n) is 8.54. The number of carbonyl (C=O) groups is 2. The average molecular weight is 372 g/mol. The maximum absolute atomic E-state index is 12.8. The molecule has 0 spiro atoms. The third-order valence-corrected chi connectivity index (χ3v) is 3.88. The predicted molar refractivity (Wildman–Crippen MR) is 104 cm³/mol. The number of hydrogen-bond acceptors (Lipinski definition) is 5. The molecule has 0 aliphatic heterocycles. The highest BCUT2D eigenvalue weighted by molar-refractivity contribution is 6.09. The van der Waals surface area contributed by atoms with E-state index in [0.717, 1.165) is 6.42 Å². The monoisotopic (exact) mass is 372 g/mol. The van der Waals surface area contributed by atoms with Crippen LogP contribution in [0, 0.1) is 0 Å². The fourth-order valence-corrected chi connectivity index (χ4v) is 2.54. The molecule has 0 aliphatic rings. The molecule has 2 amide bonds. The van der Waals surface area contributed by atoms with Crippen molar-refractivity contribution in [2.45, 2.75) is 19.8 Å². The maximum Gasteiger partial charge on any atom is 0.259 e. The van der Waals surface area contributed by atoms with Crippen LogP contribution in [0.25, 0.3) is 0 Å². The van der Waals surface area contributed by atoms with E-state index in [-0.39, 0.29) is 11.5 Å². The zero-order chi connectivity index (χ0) is 19.8. The number of amides is 2. The summed E-state index contributed by atoms with van der Waals surface area (Å²) in [4.78, 5) is 24.7. The van der Waals surface area contributed by atoms with E-state index in [0.29, 0.717) is 35.0 Å². The first-order valence-corrected chi connectivity index (χ1v) is 8.54. The minimum absolute atomic E-state index is 0.108. The number of rotatable bonds is 8. The highest BCUT2D eigenvalue weighted by atomic mass is 16.5. The lowest BCUT2D eigenvalue weighted by Gasteiger charge is -2.15. The summed E-state index contributed by atoms with van der Waals surface area (Å²) in [6, 6.07) is 10.1. The van der Waals surface area contributed by atoms with E-state index in [1.165, 1.54) is 21.3 Å². The largest absolute Gasteiger partial charge is 0.496 e. The summed E-state index contributed by atoms with van der Waals surface area (Å²) in [7, 11) is 4.47. The van der Waals surface area contributed by atoms with Gasteiger partial charge in [0.2, 0.25) is 5.91 Å². The Balaban J connectivity index is 2.31. The Labute approximate surface area is 158 Å². The summed E-state index contributed by atoms with van der Waals surface area (Å²) in [6.07, 6.45) is 1.15. The van der Waals surface area contributed by atoms with E-state index < -0.39 is 5.91 Å². The number of methoxy groups -OCH3 is 3. The standard InChI is InChI=1S/C20H24N2O5/c1-5-8-19(23)21-14-9-6-7-10-15(14)22-20(24)13-11-17(26-3)18(27-4)12-16(13)25-2/h6-7,9-12H,5,8H2,1-4H3,(H,21,23)(H,22,24). The van der Waals surface area contributed by atoms with Gasteiger partial charge in [0.25, 0.3) is 5.91 Å². The van der Waals surface area contributed by atoms with Crippen LogP contribution in [0.4, 0.5) is 11.4 Å². The molecule has 0 unspecified atom stereocenters. The van der Waals surface area contributed by atoms with Crippen molar-refractivity contribution in [3.8, 4) is 17.2 Å². The number of hydrogen-bond donors (Lipinski definition) is 2. The Hall–Kier alpha value is -3.22. The number of carbonyl (C=O) groups excluding carboxylic acids is 2. The Bertz CT molecular complexity index is 820. The molecule has 0 heterocycles. The summed E-state index contributed by atoms with van der Waals surface area (Å²) >= 11 is 0. The van der Waals surface area contributed by atoms with Crippen molar-refractivity contribution in [1.29, 1.82) is 0 Å². The second kappa shape index (κ2) is 9.47. The molecule has 0 aliphatic carbocycles. The lowest BCUT2D eigenvalue weighted by Crippen LogP contribution is -2.17. The number of benzene rings is 2. The van der Waals surface area contributed by atoms with E-state index in [1.54, 1.807) is 36.4 Å². The molecule has 0 fully saturated rings. The van der Waals surface area contributed by atoms with Crippen LogP contribution in [0.5, 0.6) is 17.2 Å². The molecule has 0 aromatic heterocycles. The first kappa shape index (κ1) is 20.1. The van der Waals surface area contributed by atoms with Crippen molar-refractivity contribution in [3.05, 3.63) is 42.0 Å². The van der Waals surface area contributed by atoms with Crippen molar-refractivity contribution in [2.24, 2.45) is 0 Å². The average Bonchev–Trinajstić information content (AvgIpc) is 2.68. The molecular weight excluding hydrogens is 348 g/mol. The summed E-state index contributed by atoms with van der Waals surface area (Å²) < 4.78 is 15.8. The van der Waals surface area contributed by atoms with Crippen molar-refractivity contribution < 1.29 is 23.8 Å². The Morgan fingerprint density at radius 3 is 1.96 bits per heavy atom. The molecule has 2 rings (SSSR count). The third-order valence-electron chi connectivity index (χ3n) is 3.88. The highest BCUT2D eigenvalue weighted by Gasteiger charge is 2.19. The van der Waals surface area contributed by atoms with Gasteiger partial charge >= 0.3 is 0 Å². The molecule has 0 atom stereocenters. The predicted octanol–water partition coefficient (Wildman–Crippen LogP) is 3.70. The van der Waals surface area contributed by atoms with Gasteiger partial charge in [-0.15, -0.1) is 0 Å². The molecule has 0 saturated heterocycles. The maximum atomic E-state index is 12.8. The number of nitrogens with one attached hydrogen (secondary N) is 2. The summed E-state index contributed by atoms with van der Waals surface area (Å²) in [6.45, 7) is 1.93. The summed E-state index contributed by atoms with van der Waals surface area (Å²) in [5.41, 5.74) is 1.30. The van der Waals surface area contributed by atoms with E-state index in [2.05, 4.69) is 10.6 Å². The first-order chi connectivity index (χ1) is 13.0. The van der Waals surface area contributed by atoms with Gasteiger partial charge in [0, 0.05) is 18.6 Å². The fraction of sp³-hybridized carbons (Fsp3) is 0.300. The Kier molecular flexibility index (Phi) is 7.05. The van der Waals surface area contributed by atoms with Gasteiger partial charge in [-0.1, -0.05) is 19.1 Å². The van der Waals surface area contributed by atoms with Crippen molar-refractivity contribution in [2.75, 3.05) is 32.0 Å². The highest BCUT2D eigenvalue weighted by Crippen LogP contribution is 2.35. The van der Waals surface area contributed by atoms with Crippen LogP contribution in [-0.2, 0) is 4.79 Å². The lowest BCUT2D eigenvalue weighted by atomic mass is 10.1. The second-order valence-corrected chi connectivity index (χ2v) is 5.71. The van der Waals surface area contributed by atoms with Crippen molar-refractivity contribution >= 4 is 23.2 Å². The Morgan fingerprint density at radius 2 is 1.41 bits per heavy atom. The van der Waals surface area contributed by atoms with Gasteiger partial charge in [0.05, 0.1) is 38.3 Å². The fourth-order valence-electron chi connectivity index (χ4n) is 2.54. The van der Waals surface area contributed by atoms with Crippen LogP contribution >= 0.6 is 0 Å². The molecule has 2 aromatic rings. The van der Waals surface area contributed by atoms with Crippen LogP contribution in [0.3, 0.4) is 0 Å². The second-order valence-electron chi connectivity index (χ2n) is 5.71. The minimum Gasteiger partial charge on any atom is -0.496 e. The van der Waals surface area contributed by atoms with Crippen LogP contribution in [0.1, 0.15) is 30.1 Å². The van der Waals surface area contributed by atoms with Crippen molar-refractivity contribution in [3.63, 3.8) is 0 Å². The number of para-hydroxylation sites is 2. The third kappa shape index (κ3) is 4.91. The smallest absolute Gasteiger partial charge is 0.259 e. The van der Waals surface area contributed by atoms with Crippen LogP contribution < -0.4 is 24.8 Å². The number of anilines is 2. The molecule has 7 heteroatoms. The molecule has 27 heavy (non-hydrogen) atoms. The van der Waals surface area contributed by atoms with Gasteiger partial charge in [-0.25, -0.2) is 0 Å². The zero-order valence-electron chi connectivity index (χ0n) is 15.9. The zero-order valence-corrected chi connectivity index (χ0v) is 15.9. The molecular formula is C20H24N2O5. The quantitative estimate of drug-likeness (QED) is 0.738. The topological polar surface area (TPSA) is 85.9 Å². The minimum atomic E-state index is -0.398. The lowest BCUT2D eigenvalue weighted by molar-refractivity contribution is -0.116. The van der Waals surface area contributed by atoms with Gasteiger partial charge in [0.15, 0.2) is 11.5 Å². The Morgan fingerprint density at radius 1 is 0.852 bits per heavy atom. The van der Waals surface area contributed by atoms with Gasteiger partial charge in [-0.05, 0) is 18.6 Å². The van der Waals surface area contributed by atoms with Gasteiger partial charge < -0.3 is 24.8 Å². The molecule has 7 nitrogen and oxygen atoms in total. The van der Waals surface area contributed by atoms with Crippen LogP contribution in [-0.4, -0.2) is 33.1 Å². The molecule has 0 saturated carbocycles. The number of ether oxygens (including phenoxy) is 3. The van der Waals surface area contributed by atoms with Crippen molar-refractivity contribution in [1.82, 2.24) is 0 Å². The molecule has 2 N–H and O–H groups in total. The van der Waals surface area contributed by atoms with E-state index in [4.69, 9.17) is 14.2 Å². The van der Waals surface area contributed by atoms with Crippen LogP contribution in [0.2, 0.25) is 0 Å². The van der Waals surface area contributed by atoms with Gasteiger partial charge in [-0.2, -0.15) is 0 Å². The molecule has 0 radical (unpaired) electrons. The van der Waals surface area contributed by atoms with Gasteiger partial charge in [0.1, 0.15) is 5.75 Å². The van der Waals surface area contributed by atoms with Gasteiger partial charge in [-0.3, -0.25) is 9.59 Å². The van der Waals surface area contributed by atoms with E-state index in [9.17, 15) is 9.59 Å². The summed E-state index contributed by atoms with van der Waals surface area (Å²) in [5, 5.41) is 5.62. The van der Waals surface area contributed by atoms with E-state index >= 15 is 0 Å². The molecule has 2 aromatic carbocycles. The SMILES string of the molecule is CCCC(=O)Nc1ccccc1NC(=O)c1cc(OC)c(OC)cc1OC. The van der Waals surface area contributed by atoms with E-state index in [1.807, 2.05) is 6.92 Å². The normalized spacial score (nSPS) is 10.1. The summed E-state index contributed by atoms with van der Waals surface area (Å²) in [5.74, 6) is 0.705. The molecule has 144 valence electrons. The molecule has 0 bridgehead atoms.